The molecule has 3 unspecified atom stereocenters. The van der Waals surface area contributed by atoms with Crippen molar-refractivity contribution in [2.24, 2.45) is 5.92 Å². The molecule has 1 aliphatic carbocycles. The predicted molar refractivity (Wildman–Crippen MR) is 82.5 cm³/mol. The Labute approximate surface area is 119 Å². The summed E-state index contributed by atoms with van der Waals surface area (Å²) in [4.78, 5) is 5.31. The topological polar surface area (TPSA) is 18.5 Å². The van der Waals surface area contributed by atoms with E-state index in [0.29, 0.717) is 0 Å². The predicted octanol–water partition coefficient (Wildman–Crippen LogP) is 2.18. The van der Waals surface area contributed by atoms with Gasteiger partial charge in [-0.15, -0.1) is 0 Å². The van der Waals surface area contributed by atoms with Crippen molar-refractivity contribution in [3.8, 4) is 0 Å². The van der Waals surface area contributed by atoms with Gasteiger partial charge < -0.3 is 10.2 Å². The van der Waals surface area contributed by atoms with Crippen LogP contribution in [-0.4, -0.2) is 60.6 Å². The van der Waals surface area contributed by atoms with Gasteiger partial charge in [0.25, 0.3) is 0 Å². The van der Waals surface area contributed by atoms with Gasteiger partial charge in [-0.05, 0) is 59.5 Å². The molecule has 3 atom stereocenters. The summed E-state index contributed by atoms with van der Waals surface area (Å²) in [6, 6.07) is 1.61. The molecule has 2 fully saturated rings. The van der Waals surface area contributed by atoms with Crippen molar-refractivity contribution in [3.05, 3.63) is 0 Å². The molecular weight excluding hydrogens is 234 g/mol. The maximum atomic E-state index is 3.69. The van der Waals surface area contributed by atoms with Crippen LogP contribution in [0, 0.1) is 5.92 Å². The molecule has 1 N–H and O–H groups in total. The molecular formula is C16H33N3. The van der Waals surface area contributed by atoms with E-state index in [1.807, 2.05) is 0 Å². The second kappa shape index (κ2) is 6.11. The summed E-state index contributed by atoms with van der Waals surface area (Å²) in [6.45, 7) is 14.1. The SMILES string of the molecule is CCC1CN(C2CCC2CNC(C)(C)C)CCN1C. The van der Waals surface area contributed by atoms with Gasteiger partial charge in [-0.1, -0.05) is 6.92 Å². The van der Waals surface area contributed by atoms with Crippen LogP contribution >= 0.6 is 0 Å². The lowest BCUT2D eigenvalue weighted by molar-refractivity contribution is -0.0000440. The van der Waals surface area contributed by atoms with Crippen molar-refractivity contribution >= 4 is 0 Å². The van der Waals surface area contributed by atoms with Crippen molar-refractivity contribution in [2.75, 3.05) is 33.2 Å². The van der Waals surface area contributed by atoms with Gasteiger partial charge in [0.2, 0.25) is 0 Å². The molecule has 19 heavy (non-hydrogen) atoms. The lowest BCUT2D eigenvalue weighted by Gasteiger charge is -2.50. The highest BCUT2D eigenvalue weighted by atomic mass is 15.3. The molecule has 0 spiro atoms. The third-order valence-electron chi connectivity index (χ3n) is 5.02. The number of rotatable bonds is 4. The second-order valence-corrected chi connectivity index (χ2v) is 7.57. The van der Waals surface area contributed by atoms with E-state index >= 15 is 0 Å². The van der Waals surface area contributed by atoms with Gasteiger partial charge in [-0.25, -0.2) is 0 Å². The summed E-state index contributed by atoms with van der Waals surface area (Å²) in [5, 5.41) is 3.69. The molecule has 1 saturated heterocycles. The van der Waals surface area contributed by atoms with Crippen LogP contribution in [0.25, 0.3) is 0 Å². The number of likely N-dealkylation sites (N-methyl/N-ethyl adjacent to an activating group) is 1. The van der Waals surface area contributed by atoms with Gasteiger partial charge in [-0.2, -0.15) is 0 Å². The van der Waals surface area contributed by atoms with Crippen LogP contribution in [0.1, 0.15) is 47.0 Å². The van der Waals surface area contributed by atoms with E-state index in [2.05, 4.69) is 49.9 Å². The van der Waals surface area contributed by atoms with E-state index < -0.39 is 0 Å². The summed E-state index contributed by atoms with van der Waals surface area (Å²) in [7, 11) is 2.28. The lowest BCUT2D eigenvalue weighted by Crippen LogP contribution is -2.60. The standard InChI is InChI=1S/C16H33N3/c1-6-14-12-19(10-9-18(14)5)15-8-7-13(15)11-17-16(2,3)4/h13-15,17H,6-12H2,1-5H3. The highest BCUT2D eigenvalue weighted by Crippen LogP contribution is 2.33. The Morgan fingerprint density at radius 1 is 1.16 bits per heavy atom. The van der Waals surface area contributed by atoms with Crippen molar-refractivity contribution in [1.29, 1.82) is 0 Å². The van der Waals surface area contributed by atoms with Crippen LogP contribution in [0.5, 0.6) is 0 Å². The van der Waals surface area contributed by atoms with Crippen LogP contribution in [0.2, 0.25) is 0 Å². The fourth-order valence-corrected chi connectivity index (χ4v) is 3.42. The molecule has 0 amide bonds. The number of hydrogen-bond donors (Lipinski definition) is 1. The Hall–Kier alpha value is -0.120. The first kappa shape index (κ1) is 15.3. The van der Waals surface area contributed by atoms with Gasteiger partial charge in [0.1, 0.15) is 0 Å². The average molecular weight is 267 g/mol. The number of piperazine rings is 1. The molecule has 3 nitrogen and oxygen atoms in total. The molecule has 0 aromatic rings. The van der Waals surface area contributed by atoms with Gasteiger partial charge in [0, 0.05) is 37.3 Å². The smallest absolute Gasteiger partial charge is 0.0218 e. The third-order valence-corrected chi connectivity index (χ3v) is 5.02. The molecule has 3 heteroatoms. The van der Waals surface area contributed by atoms with E-state index in [1.54, 1.807) is 0 Å². The minimum Gasteiger partial charge on any atom is -0.312 e. The zero-order valence-corrected chi connectivity index (χ0v) is 13.6. The molecule has 1 heterocycles. The molecule has 2 rings (SSSR count). The van der Waals surface area contributed by atoms with Crippen molar-refractivity contribution in [3.63, 3.8) is 0 Å². The third kappa shape index (κ3) is 3.93. The Morgan fingerprint density at radius 2 is 1.89 bits per heavy atom. The fraction of sp³-hybridized carbons (Fsp3) is 1.00. The quantitative estimate of drug-likeness (QED) is 0.842. The number of nitrogens with one attached hydrogen (secondary N) is 1. The summed E-state index contributed by atoms with van der Waals surface area (Å²) in [5.41, 5.74) is 0.258. The second-order valence-electron chi connectivity index (χ2n) is 7.57. The van der Waals surface area contributed by atoms with Gasteiger partial charge in [-0.3, -0.25) is 4.90 Å². The minimum atomic E-state index is 0.258. The Balaban J connectivity index is 1.82. The highest BCUT2D eigenvalue weighted by Gasteiger charge is 2.38. The molecule has 112 valence electrons. The molecule has 0 radical (unpaired) electrons. The average Bonchev–Trinajstić information content (AvgIpc) is 2.28. The van der Waals surface area contributed by atoms with Crippen LogP contribution in [-0.2, 0) is 0 Å². The van der Waals surface area contributed by atoms with Crippen LogP contribution in [0.4, 0.5) is 0 Å². The monoisotopic (exact) mass is 267 g/mol. The van der Waals surface area contributed by atoms with Crippen LogP contribution in [0.3, 0.4) is 0 Å². The minimum absolute atomic E-state index is 0.258. The van der Waals surface area contributed by atoms with E-state index in [0.717, 1.165) is 18.0 Å². The molecule has 0 bridgehead atoms. The lowest BCUT2D eigenvalue weighted by atomic mass is 9.77. The number of nitrogens with zero attached hydrogens (tertiary/aromatic N) is 2. The zero-order chi connectivity index (χ0) is 14.0. The zero-order valence-electron chi connectivity index (χ0n) is 13.6. The van der Waals surface area contributed by atoms with Crippen LogP contribution in [0.15, 0.2) is 0 Å². The normalized spacial score (nSPS) is 34.3. The Morgan fingerprint density at radius 3 is 2.42 bits per heavy atom. The fourth-order valence-electron chi connectivity index (χ4n) is 3.42. The summed E-state index contributed by atoms with van der Waals surface area (Å²) < 4.78 is 0. The molecule has 1 aliphatic heterocycles. The van der Waals surface area contributed by atoms with E-state index in [-0.39, 0.29) is 5.54 Å². The number of hydrogen-bond acceptors (Lipinski definition) is 3. The first-order valence-electron chi connectivity index (χ1n) is 8.10. The van der Waals surface area contributed by atoms with Crippen LogP contribution < -0.4 is 5.32 Å². The Kier molecular flexibility index (Phi) is 4.91. The summed E-state index contributed by atoms with van der Waals surface area (Å²) >= 11 is 0. The van der Waals surface area contributed by atoms with Crippen molar-refractivity contribution in [2.45, 2.75) is 64.6 Å². The van der Waals surface area contributed by atoms with Crippen molar-refractivity contribution < 1.29 is 0 Å². The van der Waals surface area contributed by atoms with Gasteiger partial charge in [0.15, 0.2) is 0 Å². The summed E-state index contributed by atoms with van der Waals surface area (Å²) in [6.07, 6.45) is 4.11. The Bertz CT molecular complexity index is 284. The van der Waals surface area contributed by atoms with Gasteiger partial charge in [0.05, 0.1) is 0 Å². The van der Waals surface area contributed by atoms with E-state index in [1.165, 1.54) is 45.4 Å². The first-order chi connectivity index (χ1) is 8.90. The maximum Gasteiger partial charge on any atom is 0.0218 e. The van der Waals surface area contributed by atoms with Crippen molar-refractivity contribution in [1.82, 2.24) is 15.1 Å². The maximum absolute atomic E-state index is 3.69. The highest BCUT2D eigenvalue weighted by molar-refractivity contribution is 4.94. The molecule has 0 aromatic heterocycles. The molecule has 1 saturated carbocycles. The largest absolute Gasteiger partial charge is 0.312 e. The van der Waals surface area contributed by atoms with Gasteiger partial charge >= 0.3 is 0 Å². The first-order valence-corrected chi connectivity index (χ1v) is 8.10. The summed E-state index contributed by atoms with van der Waals surface area (Å²) in [5.74, 6) is 0.875. The van der Waals surface area contributed by atoms with E-state index in [9.17, 15) is 0 Å². The molecule has 0 aromatic carbocycles. The molecule has 2 aliphatic rings. The van der Waals surface area contributed by atoms with E-state index in [4.69, 9.17) is 0 Å².